The summed E-state index contributed by atoms with van der Waals surface area (Å²) in [7, 11) is 2.88. The molecule has 0 radical (unpaired) electrons. The van der Waals surface area contributed by atoms with Crippen LogP contribution in [0.25, 0.3) is 0 Å². The third-order valence-electron chi connectivity index (χ3n) is 4.38. The van der Waals surface area contributed by atoms with Gasteiger partial charge in [0.05, 0.1) is 7.11 Å². The fourth-order valence-electron chi connectivity index (χ4n) is 3.15. The van der Waals surface area contributed by atoms with Crippen LogP contribution in [-0.2, 0) is 20.3 Å². The molecule has 0 aliphatic carbocycles. The highest BCUT2D eigenvalue weighted by Crippen LogP contribution is 2.47. The van der Waals surface area contributed by atoms with E-state index in [1.165, 1.54) is 19.2 Å². The quantitative estimate of drug-likeness (QED) is 0.603. The molecule has 130 valence electrons. The number of hydrogen-bond acceptors (Lipinski definition) is 5. The lowest BCUT2D eigenvalue weighted by Gasteiger charge is -2.25. The number of methoxy groups -OCH3 is 1. The van der Waals surface area contributed by atoms with Gasteiger partial charge < -0.3 is 14.4 Å². The highest BCUT2D eigenvalue weighted by molar-refractivity contribution is 8.13. The van der Waals surface area contributed by atoms with Crippen LogP contribution < -0.4 is 4.74 Å². The molecular formula is C17H14ClNO5S. The maximum Gasteiger partial charge on any atom is 0.264 e. The highest BCUT2D eigenvalue weighted by Gasteiger charge is 2.52. The molecule has 0 N–H and O–H groups in total. The molecule has 1 fully saturated rings. The summed E-state index contributed by atoms with van der Waals surface area (Å²) < 4.78 is 34.2. The van der Waals surface area contributed by atoms with Gasteiger partial charge in [0.25, 0.3) is 15.0 Å². The van der Waals surface area contributed by atoms with Crippen molar-refractivity contribution in [2.45, 2.75) is 23.8 Å². The van der Waals surface area contributed by atoms with Crippen molar-refractivity contribution in [1.29, 1.82) is 0 Å². The van der Waals surface area contributed by atoms with Gasteiger partial charge in [-0.25, -0.2) is 8.42 Å². The van der Waals surface area contributed by atoms with Crippen LogP contribution in [0.15, 0.2) is 47.4 Å². The number of nitrogens with zero attached hydrogens (tertiary/aromatic N) is 1. The Hall–Kier alpha value is -2.09. The van der Waals surface area contributed by atoms with E-state index >= 15 is 0 Å². The number of epoxide rings is 1. The van der Waals surface area contributed by atoms with E-state index in [1.54, 1.807) is 17.0 Å². The van der Waals surface area contributed by atoms with Crippen molar-refractivity contribution in [2.75, 3.05) is 7.11 Å². The zero-order valence-corrected chi connectivity index (χ0v) is 14.8. The van der Waals surface area contributed by atoms with E-state index < -0.39 is 9.05 Å². The number of halogens is 1. The minimum atomic E-state index is -3.96. The molecule has 4 rings (SSSR count). The number of rotatable bonds is 4. The number of carbonyl (C=O) groups excluding carboxylic acids is 1. The highest BCUT2D eigenvalue weighted by atomic mass is 35.7. The van der Waals surface area contributed by atoms with Gasteiger partial charge in [0.1, 0.15) is 16.7 Å². The summed E-state index contributed by atoms with van der Waals surface area (Å²) in [5.74, 6) is 0.0232. The zero-order chi connectivity index (χ0) is 17.8. The molecule has 1 saturated heterocycles. The van der Waals surface area contributed by atoms with E-state index in [4.69, 9.17) is 20.2 Å². The molecule has 1 amide bonds. The predicted octanol–water partition coefficient (Wildman–Crippen LogP) is 2.68. The fraction of sp³-hybridized carbons (Fsp3) is 0.235. The smallest absolute Gasteiger partial charge is 0.264 e. The van der Waals surface area contributed by atoms with Crippen LogP contribution in [0.1, 0.15) is 27.6 Å². The van der Waals surface area contributed by atoms with Crippen molar-refractivity contribution in [2.24, 2.45) is 0 Å². The monoisotopic (exact) mass is 379 g/mol. The van der Waals surface area contributed by atoms with Crippen LogP contribution in [0.3, 0.4) is 0 Å². The maximum absolute atomic E-state index is 12.7. The number of benzene rings is 2. The average Bonchev–Trinajstić information content (AvgIpc) is 3.38. The van der Waals surface area contributed by atoms with Crippen molar-refractivity contribution in [3.63, 3.8) is 0 Å². The summed E-state index contributed by atoms with van der Waals surface area (Å²) in [4.78, 5) is 14.2. The predicted molar refractivity (Wildman–Crippen MR) is 90.0 cm³/mol. The molecule has 2 aliphatic rings. The molecule has 0 aromatic heterocycles. The van der Waals surface area contributed by atoms with Gasteiger partial charge in [-0.2, -0.15) is 0 Å². The molecule has 2 unspecified atom stereocenters. The van der Waals surface area contributed by atoms with Gasteiger partial charge in [-0.15, -0.1) is 0 Å². The summed E-state index contributed by atoms with van der Waals surface area (Å²) in [5.41, 5.74) is 2.13. The molecule has 2 atom stereocenters. The van der Waals surface area contributed by atoms with Gasteiger partial charge in [-0.05, 0) is 29.3 Å². The lowest BCUT2D eigenvalue weighted by atomic mass is 9.98. The summed E-state index contributed by atoms with van der Waals surface area (Å²) in [6.45, 7) is 0.220. The molecule has 2 aliphatic heterocycles. The molecule has 25 heavy (non-hydrogen) atoms. The van der Waals surface area contributed by atoms with Crippen molar-refractivity contribution in [3.8, 4) is 5.75 Å². The third kappa shape index (κ3) is 2.78. The zero-order valence-electron chi connectivity index (χ0n) is 13.2. The summed E-state index contributed by atoms with van der Waals surface area (Å²) in [6.07, 6.45) is -0.441. The van der Waals surface area contributed by atoms with Crippen LogP contribution >= 0.6 is 10.7 Å². The fourth-order valence-corrected chi connectivity index (χ4v) is 4.19. The number of ether oxygens (including phenoxy) is 2. The first kappa shape index (κ1) is 16.4. The Kier molecular flexibility index (Phi) is 3.75. The van der Waals surface area contributed by atoms with Crippen molar-refractivity contribution in [1.82, 2.24) is 4.90 Å². The normalized spacial score (nSPS) is 21.5. The van der Waals surface area contributed by atoms with Gasteiger partial charge in [0, 0.05) is 22.8 Å². The Bertz CT molecular complexity index is 975. The Morgan fingerprint density at radius 1 is 1.24 bits per heavy atom. The maximum atomic E-state index is 12.7. The first-order chi connectivity index (χ1) is 11.9. The van der Waals surface area contributed by atoms with Crippen molar-refractivity contribution >= 4 is 25.6 Å². The van der Waals surface area contributed by atoms with Gasteiger partial charge >= 0.3 is 0 Å². The number of hydrogen-bond donors (Lipinski definition) is 0. The Labute approximate surface area is 149 Å². The molecule has 2 aromatic rings. The number of amides is 1. The lowest BCUT2D eigenvalue weighted by molar-refractivity contribution is 0.0649. The Morgan fingerprint density at radius 3 is 2.72 bits per heavy atom. The van der Waals surface area contributed by atoms with Crippen LogP contribution in [-0.4, -0.2) is 32.6 Å². The summed E-state index contributed by atoms with van der Waals surface area (Å²) in [6, 6.07) is 12.0. The standard InChI is InChI=1S/C17H14ClNO5S/c1-23-13-7-6-10(8-14(13)25(18,21)22)9-19-16(20)12-5-3-2-4-11(12)15-17(19)24-15/h2-8,15,17H,9H2,1H3. The molecule has 6 nitrogen and oxygen atoms in total. The Morgan fingerprint density at radius 2 is 2.00 bits per heavy atom. The first-order valence-corrected chi connectivity index (χ1v) is 9.88. The molecule has 8 heteroatoms. The Balaban J connectivity index is 1.67. The van der Waals surface area contributed by atoms with E-state index in [-0.39, 0.29) is 35.4 Å². The number of fused-ring (bicyclic) bond motifs is 3. The van der Waals surface area contributed by atoms with Gasteiger partial charge in [0.15, 0.2) is 6.23 Å². The van der Waals surface area contributed by atoms with Crippen LogP contribution in [0.4, 0.5) is 0 Å². The van der Waals surface area contributed by atoms with Crippen LogP contribution in [0, 0.1) is 0 Å². The molecular weight excluding hydrogens is 366 g/mol. The minimum absolute atomic E-state index is 0.118. The summed E-state index contributed by atoms with van der Waals surface area (Å²) >= 11 is 0. The van der Waals surface area contributed by atoms with E-state index in [2.05, 4.69) is 0 Å². The average molecular weight is 380 g/mol. The second-order valence-corrected chi connectivity index (χ2v) is 8.42. The van der Waals surface area contributed by atoms with E-state index in [1.807, 2.05) is 18.2 Å². The van der Waals surface area contributed by atoms with Crippen LogP contribution in [0.2, 0.25) is 0 Å². The second-order valence-electron chi connectivity index (χ2n) is 5.89. The largest absolute Gasteiger partial charge is 0.495 e. The second kappa shape index (κ2) is 5.72. The lowest BCUT2D eigenvalue weighted by Crippen LogP contribution is -2.37. The molecule has 0 bridgehead atoms. The van der Waals surface area contributed by atoms with Gasteiger partial charge in [-0.1, -0.05) is 24.3 Å². The number of carbonyl (C=O) groups is 1. The van der Waals surface area contributed by atoms with Crippen molar-refractivity contribution in [3.05, 3.63) is 59.2 Å². The van der Waals surface area contributed by atoms with Crippen LogP contribution in [0.5, 0.6) is 5.75 Å². The first-order valence-electron chi connectivity index (χ1n) is 7.57. The topological polar surface area (TPSA) is 76.2 Å². The molecule has 0 saturated carbocycles. The molecule has 0 spiro atoms. The third-order valence-corrected chi connectivity index (χ3v) is 5.72. The minimum Gasteiger partial charge on any atom is -0.495 e. The van der Waals surface area contributed by atoms with E-state index in [0.29, 0.717) is 11.1 Å². The molecule has 2 heterocycles. The van der Waals surface area contributed by atoms with Gasteiger partial charge in [0.2, 0.25) is 0 Å². The SMILES string of the molecule is COc1ccc(CN2C(=O)c3ccccc3C3OC32)cc1S(=O)(=O)Cl. The summed E-state index contributed by atoms with van der Waals surface area (Å²) in [5, 5.41) is 0. The van der Waals surface area contributed by atoms with Gasteiger partial charge in [-0.3, -0.25) is 4.79 Å². The van der Waals surface area contributed by atoms with E-state index in [0.717, 1.165) is 5.56 Å². The molecule has 2 aromatic carbocycles. The van der Waals surface area contributed by atoms with Crippen molar-refractivity contribution < 1.29 is 22.7 Å². The van der Waals surface area contributed by atoms with E-state index in [9.17, 15) is 13.2 Å².